The third-order valence-electron chi connectivity index (χ3n) is 4.98. The Morgan fingerprint density at radius 1 is 1.27 bits per heavy atom. The Balaban J connectivity index is 1.93. The number of anilines is 2. The molecule has 0 atom stereocenters. The van der Waals surface area contributed by atoms with E-state index in [0.29, 0.717) is 5.56 Å². The fourth-order valence-corrected chi connectivity index (χ4v) is 3.31. The first-order chi connectivity index (χ1) is 15.4. The summed E-state index contributed by atoms with van der Waals surface area (Å²) in [6.45, 7) is 3.78. The standard InChI is InChI=1S/C21H23F3N6O3/c1-11(2)10-30-19(32)16(17(25)29(3)20(30)33)27-18(31)14-9-26-28-15(14)8-12-5-4-6-13(7-12)21(22,23)24/h4-7,9,11H,8,10,25H2,1-3H3,(H,26,28)(H,27,31). The smallest absolute Gasteiger partial charge is 0.383 e. The molecule has 0 radical (unpaired) electrons. The maximum atomic E-state index is 13.0. The molecule has 0 saturated carbocycles. The van der Waals surface area contributed by atoms with Crippen molar-refractivity contribution in [1.82, 2.24) is 19.3 Å². The molecule has 4 N–H and O–H groups in total. The predicted molar refractivity (Wildman–Crippen MR) is 116 cm³/mol. The van der Waals surface area contributed by atoms with E-state index in [0.717, 1.165) is 21.3 Å². The van der Waals surface area contributed by atoms with Gasteiger partial charge in [0.2, 0.25) is 0 Å². The SMILES string of the molecule is CC(C)Cn1c(=O)c(NC(=O)c2cn[nH]c2Cc2cccc(C(F)(F)F)c2)c(N)n(C)c1=O. The number of nitrogen functional groups attached to an aromatic ring is 1. The van der Waals surface area contributed by atoms with Crippen LogP contribution in [0.5, 0.6) is 0 Å². The van der Waals surface area contributed by atoms with E-state index in [9.17, 15) is 27.6 Å². The molecule has 1 amide bonds. The van der Waals surface area contributed by atoms with Gasteiger partial charge in [0.1, 0.15) is 11.5 Å². The summed E-state index contributed by atoms with van der Waals surface area (Å²) < 4.78 is 41.0. The number of aromatic nitrogens is 4. The Kier molecular flexibility index (Phi) is 6.47. The first-order valence-electron chi connectivity index (χ1n) is 9.99. The number of rotatable bonds is 6. The molecule has 0 aliphatic rings. The molecular weight excluding hydrogens is 441 g/mol. The molecule has 0 fully saturated rings. The quantitative estimate of drug-likeness (QED) is 0.516. The van der Waals surface area contributed by atoms with Crippen LogP contribution in [0, 0.1) is 5.92 Å². The van der Waals surface area contributed by atoms with E-state index in [1.54, 1.807) is 0 Å². The lowest BCUT2D eigenvalue weighted by atomic mass is 10.0. The summed E-state index contributed by atoms with van der Waals surface area (Å²) in [5.74, 6) is -0.985. The van der Waals surface area contributed by atoms with Crippen LogP contribution in [0.2, 0.25) is 0 Å². The van der Waals surface area contributed by atoms with Crippen molar-refractivity contribution in [3.8, 4) is 0 Å². The molecule has 0 aliphatic heterocycles. The molecule has 0 unspecified atom stereocenters. The largest absolute Gasteiger partial charge is 0.416 e. The number of amides is 1. The van der Waals surface area contributed by atoms with E-state index >= 15 is 0 Å². The fraction of sp³-hybridized carbons (Fsp3) is 0.333. The van der Waals surface area contributed by atoms with Crippen molar-refractivity contribution >= 4 is 17.4 Å². The predicted octanol–water partition coefficient (Wildman–Crippen LogP) is 2.37. The summed E-state index contributed by atoms with van der Waals surface area (Å²) in [7, 11) is 1.38. The highest BCUT2D eigenvalue weighted by molar-refractivity contribution is 6.06. The molecule has 0 aliphatic carbocycles. The van der Waals surface area contributed by atoms with Crippen LogP contribution in [0.1, 0.15) is 41.0 Å². The molecule has 0 saturated heterocycles. The minimum absolute atomic E-state index is 0.0180. The number of alkyl halides is 3. The minimum atomic E-state index is -4.50. The van der Waals surface area contributed by atoms with Crippen LogP contribution in [-0.2, 0) is 26.2 Å². The van der Waals surface area contributed by atoms with Crippen LogP contribution >= 0.6 is 0 Å². The summed E-state index contributed by atoms with van der Waals surface area (Å²) in [4.78, 5) is 38.1. The van der Waals surface area contributed by atoms with Crippen molar-refractivity contribution in [2.24, 2.45) is 13.0 Å². The van der Waals surface area contributed by atoms with Gasteiger partial charge in [0, 0.05) is 20.0 Å². The van der Waals surface area contributed by atoms with Gasteiger partial charge in [-0.3, -0.25) is 23.8 Å². The van der Waals surface area contributed by atoms with Crippen molar-refractivity contribution in [3.63, 3.8) is 0 Å². The average Bonchev–Trinajstić information content (AvgIpc) is 3.20. The van der Waals surface area contributed by atoms with Crippen molar-refractivity contribution < 1.29 is 18.0 Å². The number of hydrogen-bond donors (Lipinski definition) is 3. The summed E-state index contributed by atoms with van der Waals surface area (Å²) >= 11 is 0. The fourth-order valence-electron chi connectivity index (χ4n) is 3.31. The van der Waals surface area contributed by atoms with Gasteiger partial charge in [0.05, 0.1) is 23.0 Å². The normalized spacial score (nSPS) is 11.7. The number of carbonyl (C=O) groups is 1. The van der Waals surface area contributed by atoms with E-state index in [1.165, 1.54) is 25.4 Å². The van der Waals surface area contributed by atoms with Gasteiger partial charge < -0.3 is 11.1 Å². The van der Waals surface area contributed by atoms with Gasteiger partial charge in [-0.05, 0) is 17.5 Å². The highest BCUT2D eigenvalue weighted by Gasteiger charge is 2.30. The van der Waals surface area contributed by atoms with Gasteiger partial charge in [-0.25, -0.2) is 4.79 Å². The second kappa shape index (κ2) is 8.96. The van der Waals surface area contributed by atoms with Crippen molar-refractivity contribution in [2.45, 2.75) is 33.0 Å². The Hall–Kier alpha value is -3.83. The van der Waals surface area contributed by atoms with Gasteiger partial charge in [0.25, 0.3) is 11.5 Å². The lowest BCUT2D eigenvalue weighted by Gasteiger charge is -2.15. The summed E-state index contributed by atoms with van der Waals surface area (Å²) in [5.41, 5.74) is 4.05. The number of benzene rings is 1. The lowest BCUT2D eigenvalue weighted by Crippen LogP contribution is -2.42. The van der Waals surface area contributed by atoms with Gasteiger partial charge in [-0.2, -0.15) is 18.3 Å². The number of nitrogens with two attached hydrogens (primary N) is 1. The number of aromatic amines is 1. The number of hydrogen-bond acceptors (Lipinski definition) is 5. The third-order valence-corrected chi connectivity index (χ3v) is 4.98. The zero-order chi connectivity index (χ0) is 24.5. The second-order valence-corrected chi connectivity index (χ2v) is 8.00. The van der Waals surface area contributed by atoms with Crippen molar-refractivity contribution in [3.05, 3.63) is 73.7 Å². The molecule has 12 heteroatoms. The van der Waals surface area contributed by atoms with Gasteiger partial charge in [0.15, 0.2) is 0 Å². The van der Waals surface area contributed by atoms with E-state index in [-0.39, 0.29) is 41.6 Å². The van der Waals surface area contributed by atoms with Gasteiger partial charge in [-0.15, -0.1) is 0 Å². The molecule has 0 bridgehead atoms. The van der Waals surface area contributed by atoms with E-state index in [1.807, 2.05) is 13.8 Å². The highest BCUT2D eigenvalue weighted by Crippen LogP contribution is 2.30. The van der Waals surface area contributed by atoms with Gasteiger partial charge >= 0.3 is 11.9 Å². The number of H-pyrrole nitrogens is 1. The molecular formula is C21H23F3N6O3. The minimum Gasteiger partial charge on any atom is -0.383 e. The molecule has 33 heavy (non-hydrogen) atoms. The van der Waals surface area contributed by atoms with Crippen LogP contribution in [0.25, 0.3) is 0 Å². The van der Waals surface area contributed by atoms with Crippen LogP contribution in [0.15, 0.2) is 40.1 Å². The topological polar surface area (TPSA) is 128 Å². The first kappa shape index (κ1) is 23.8. The maximum absolute atomic E-state index is 13.0. The number of halogens is 3. The van der Waals surface area contributed by atoms with E-state index < -0.39 is 28.9 Å². The summed E-state index contributed by atoms with van der Waals surface area (Å²) in [5, 5.41) is 8.84. The monoisotopic (exact) mass is 464 g/mol. The van der Waals surface area contributed by atoms with Gasteiger partial charge in [-0.1, -0.05) is 32.0 Å². The van der Waals surface area contributed by atoms with Crippen LogP contribution < -0.4 is 22.3 Å². The first-order valence-corrected chi connectivity index (χ1v) is 9.99. The number of nitrogens with one attached hydrogen (secondary N) is 2. The summed E-state index contributed by atoms with van der Waals surface area (Å²) in [6.07, 6.45) is -3.34. The summed E-state index contributed by atoms with van der Waals surface area (Å²) in [6, 6.07) is 4.71. The van der Waals surface area contributed by atoms with E-state index in [4.69, 9.17) is 5.73 Å². The molecule has 0 spiro atoms. The van der Waals surface area contributed by atoms with Crippen LogP contribution in [-0.4, -0.2) is 25.2 Å². The Labute approximate surface area is 186 Å². The van der Waals surface area contributed by atoms with Crippen LogP contribution in [0.4, 0.5) is 24.7 Å². The lowest BCUT2D eigenvalue weighted by molar-refractivity contribution is -0.137. The number of carbonyl (C=O) groups excluding carboxylic acids is 1. The molecule has 2 aromatic heterocycles. The molecule has 3 aromatic rings. The molecule has 1 aromatic carbocycles. The molecule has 2 heterocycles. The molecule has 3 rings (SSSR count). The Bertz CT molecular complexity index is 1300. The molecule has 176 valence electrons. The third kappa shape index (κ3) is 4.99. The number of nitrogens with zero attached hydrogens (tertiary/aromatic N) is 3. The van der Waals surface area contributed by atoms with Crippen LogP contribution in [0.3, 0.4) is 0 Å². The van der Waals surface area contributed by atoms with Crippen molar-refractivity contribution in [2.75, 3.05) is 11.1 Å². The molecule has 9 nitrogen and oxygen atoms in total. The Morgan fingerprint density at radius 3 is 2.61 bits per heavy atom. The average molecular weight is 464 g/mol. The zero-order valence-electron chi connectivity index (χ0n) is 18.2. The second-order valence-electron chi connectivity index (χ2n) is 8.00. The Morgan fingerprint density at radius 2 is 1.97 bits per heavy atom. The maximum Gasteiger partial charge on any atom is 0.416 e. The zero-order valence-corrected chi connectivity index (χ0v) is 18.2. The highest BCUT2D eigenvalue weighted by atomic mass is 19.4. The van der Waals surface area contributed by atoms with E-state index in [2.05, 4.69) is 15.5 Å². The van der Waals surface area contributed by atoms with Crippen molar-refractivity contribution in [1.29, 1.82) is 0 Å².